The summed E-state index contributed by atoms with van der Waals surface area (Å²) < 4.78 is 5.74. The van der Waals surface area contributed by atoms with E-state index in [1.54, 1.807) is 17.0 Å². The lowest BCUT2D eigenvalue weighted by Gasteiger charge is -2.32. The number of halogens is 2. The van der Waals surface area contributed by atoms with Crippen molar-refractivity contribution in [3.05, 3.63) is 28.0 Å². The van der Waals surface area contributed by atoms with E-state index in [-0.39, 0.29) is 22.3 Å². The summed E-state index contributed by atoms with van der Waals surface area (Å²) in [5, 5.41) is 0.466. The summed E-state index contributed by atoms with van der Waals surface area (Å²) >= 11 is 11.7. The second kappa shape index (κ2) is 7.25. The molecule has 6 heteroatoms. The van der Waals surface area contributed by atoms with E-state index in [2.05, 4.69) is 11.9 Å². The van der Waals surface area contributed by atoms with E-state index in [1.165, 1.54) is 0 Å². The van der Waals surface area contributed by atoms with Crippen LogP contribution in [-0.4, -0.2) is 41.6 Å². The Balaban J connectivity index is 2.04. The monoisotopic (exact) mass is 316 g/mol. The Morgan fingerprint density at radius 1 is 1.45 bits per heavy atom. The third-order valence-electron chi connectivity index (χ3n) is 3.23. The molecular formula is C14H18Cl2N2O2. The maximum atomic E-state index is 12.4. The lowest BCUT2D eigenvalue weighted by atomic mass is 10.1. The molecule has 0 N–H and O–H groups in total. The summed E-state index contributed by atoms with van der Waals surface area (Å²) in [5.41, 5.74) is 0.478. The van der Waals surface area contributed by atoms with Crippen molar-refractivity contribution in [2.24, 2.45) is 0 Å². The second-order valence-electron chi connectivity index (χ2n) is 4.89. The zero-order chi connectivity index (χ0) is 14.5. The number of amides is 1. The van der Waals surface area contributed by atoms with Gasteiger partial charge in [0.25, 0.3) is 5.91 Å². The molecule has 1 aromatic heterocycles. The molecule has 1 unspecified atom stereocenters. The van der Waals surface area contributed by atoms with Gasteiger partial charge in [-0.3, -0.25) is 4.79 Å². The number of hydrogen-bond donors (Lipinski definition) is 0. The Morgan fingerprint density at radius 3 is 2.80 bits per heavy atom. The molecule has 0 radical (unpaired) electrons. The first-order chi connectivity index (χ1) is 9.60. The molecule has 1 aromatic rings. The number of carbonyl (C=O) groups is 1. The molecule has 0 spiro atoms. The molecule has 1 aliphatic heterocycles. The predicted molar refractivity (Wildman–Crippen MR) is 79.4 cm³/mol. The molecule has 2 rings (SSSR count). The summed E-state index contributed by atoms with van der Waals surface area (Å²) in [7, 11) is 0. The minimum atomic E-state index is -0.0685. The van der Waals surface area contributed by atoms with Gasteiger partial charge in [0.05, 0.1) is 6.10 Å². The Bertz CT molecular complexity index is 462. The summed E-state index contributed by atoms with van der Waals surface area (Å²) in [6.45, 7) is 4.17. The molecule has 1 atom stereocenters. The lowest BCUT2D eigenvalue weighted by Crippen LogP contribution is -2.43. The van der Waals surface area contributed by atoms with Crippen molar-refractivity contribution >= 4 is 29.1 Å². The van der Waals surface area contributed by atoms with E-state index < -0.39 is 0 Å². The number of rotatable bonds is 4. The molecule has 1 amide bonds. The quantitative estimate of drug-likeness (QED) is 0.799. The van der Waals surface area contributed by atoms with Gasteiger partial charge in [0.2, 0.25) is 0 Å². The molecule has 0 saturated carbocycles. The number of carbonyl (C=O) groups excluding carboxylic acids is 1. The first-order valence-electron chi connectivity index (χ1n) is 6.84. The molecule has 0 aliphatic carbocycles. The van der Waals surface area contributed by atoms with Crippen LogP contribution >= 0.6 is 23.2 Å². The van der Waals surface area contributed by atoms with Crippen LogP contribution in [0.1, 0.15) is 36.5 Å². The molecule has 4 nitrogen and oxygen atoms in total. The number of pyridine rings is 1. The maximum Gasteiger partial charge on any atom is 0.254 e. The average Bonchev–Trinajstić information content (AvgIpc) is 2.43. The topological polar surface area (TPSA) is 42.4 Å². The summed E-state index contributed by atoms with van der Waals surface area (Å²) in [5.74, 6) is -0.0685. The third-order valence-corrected chi connectivity index (χ3v) is 3.62. The van der Waals surface area contributed by atoms with E-state index in [1.807, 2.05) is 0 Å². The van der Waals surface area contributed by atoms with E-state index in [0.717, 1.165) is 32.4 Å². The molecule has 110 valence electrons. The Morgan fingerprint density at radius 2 is 2.15 bits per heavy atom. The third kappa shape index (κ3) is 4.08. The maximum absolute atomic E-state index is 12.4. The van der Waals surface area contributed by atoms with Crippen molar-refractivity contribution in [1.29, 1.82) is 0 Å². The lowest BCUT2D eigenvalue weighted by molar-refractivity contribution is 0.00211. The first-order valence-corrected chi connectivity index (χ1v) is 7.59. The van der Waals surface area contributed by atoms with Crippen LogP contribution in [0, 0.1) is 0 Å². The number of nitrogens with zero attached hydrogens (tertiary/aromatic N) is 2. The van der Waals surface area contributed by atoms with Gasteiger partial charge in [0, 0.05) is 25.3 Å². The van der Waals surface area contributed by atoms with Crippen LogP contribution in [0.25, 0.3) is 0 Å². The molecule has 1 aliphatic rings. The minimum absolute atomic E-state index is 0.0685. The fraction of sp³-hybridized carbons (Fsp3) is 0.571. The van der Waals surface area contributed by atoms with E-state index in [9.17, 15) is 4.79 Å². The fourth-order valence-corrected chi connectivity index (χ4v) is 2.77. The van der Waals surface area contributed by atoms with Crippen molar-refractivity contribution in [2.75, 3.05) is 19.7 Å². The Kier molecular flexibility index (Phi) is 5.64. The van der Waals surface area contributed by atoms with Crippen molar-refractivity contribution in [2.45, 2.75) is 32.3 Å². The smallest absolute Gasteiger partial charge is 0.254 e. The van der Waals surface area contributed by atoms with Gasteiger partial charge in [-0.1, -0.05) is 30.1 Å². The number of likely N-dealkylation sites (tertiary alicyclic amines) is 1. The van der Waals surface area contributed by atoms with Gasteiger partial charge in [-0.05, 0) is 31.4 Å². The number of ether oxygens (including phenoxy) is 1. The van der Waals surface area contributed by atoms with Gasteiger partial charge in [0.1, 0.15) is 10.3 Å². The largest absolute Gasteiger partial charge is 0.376 e. The van der Waals surface area contributed by atoms with E-state index >= 15 is 0 Å². The van der Waals surface area contributed by atoms with Crippen LogP contribution in [0.3, 0.4) is 0 Å². The highest BCUT2D eigenvalue weighted by molar-refractivity contribution is 6.33. The first kappa shape index (κ1) is 15.5. The highest BCUT2D eigenvalue weighted by Gasteiger charge is 2.25. The predicted octanol–water partition coefficient (Wildman–Crippen LogP) is 3.42. The Hall–Kier alpha value is -0.840. The van der Waals surface area contributed by atoms with Crippen molar-refractivity contribution < 1.29 is 9.53 Å². The fourth-order valence-electron chi connectivity index (χ4n) is 2.31. The second-order valence-corrected chi connectivity index (χ2v) is 5.66. The van der Waals surface area contributed by atoms with E-state index in [4.69, 9.17) is 27.9 Å². The van der Waals surface area contributed by atoms with Crippen LogP contribution < -0.4 is 0 Å². The van der Waals surface area contributed by atoms with Crippen LogP contribution in [0.15, 0.2) is 12.1 Å². The number of hydrogen-bond acceptors (Lipinski definition) is 3. The van der Waals surface area contributed by atoms with Gasteiger partial charge in [-0.25, -0.2) is 4.98 Å². The van der Waals surface area contributed by atoms with E-state index in [0.29, 0.717) is 12.1 Å². The minimum Gasteiger partial charge on any atom is -0.376 e. The van der Waals surface area contributed by atoms with Crippen LogP contribution in [-0.2, 0) is 4.74 Å². The van der Waals surface area contributed by atoms with Gasteiger partial charge in [-0.15, -0.1) is 0 Å². The van der Waals surface area contributed by atoms with Gasteiger partial charge < -0.3 is 9.64 Å². The average molecular weight is 317 g/mol. The highest BCUT2D eigenvalue weighted by Crippen LogP contribution is 2.20. The van der Waals surface area contributed by atoms with Crippen molar-refractivity contribution in [3.8, 4) is 0 Å². The summed E-state index contributed by atoms with van der Waals surface area (Å²) in [4.78, 5) is 18.1. The van der Waals surface area contributed by atoms with Gasteiger partial charge in [0.15, 0.2) is 0 Å². The molecular weight excluding hydrogens is 299 g/mol. The molecule has 1 saturated heterocycles. The SMILES string of the molecule is CCCOC1CCCN(C(=O)c2cc(Cl)nc(Cl)c2)C1. The zero-order valence-corrected chi connectivity index (χ0v) is 13.0. The van der Waals surface area contributed by atoms with Crippen LogP contribution in [0.5, 0.6) is 0 Å². The molecule has 0 aromatic carbocycles. The Labute approximate surface area is 129 Å². The standard InChI is InChI=1S/C14H18Cl2N2O2/c1-2-6-20-11-4-3-5-18(9-11)14(19)10-7-12(15)17-13(16)8-10/h7-8,11H,2-6,9H2,1H3. The normalized spacial score (nSPS) is 19.1. The van der Waals surface area contributed by atoms with Crippen LogP contribution in [0.2, 0.25) is 10.3 Å². The summed E-state index contributed by atoms with van der Waals surface area (Å²) in [6.07, 6.45) is 3.06. The molecule has 2 heterocycles. The number of aromatic nitrogens is 1. The van der Waals surface area contributed by atoms with Crippen molar-refractivity contribution in [1.82, 2.24) is 9.88 Å². The van der Waals surface area contributed by atoms with Gasteiger partial charge >= 0.3 is 0 Å². The summed E-state index contributed by atoms with van der Waals surface area (Å²) in [6, 6.07) is 3.10. The van der Waals surface area contributed by atoms with Gasteiger partial charge in [-0.2, -0.15) is 0 Å². The van der Waals surface area contributed by atoms with Crippen molar-refractivity contribution in [3.63, 3.8) is 0 Å². The van der Waals surface area contributed by atoms with Crippen LogP contribution in [0.4, 0.5) is 0 Å². The number of piperidine rings is 1. The highest BCUT2D eigenvalue weighted by atomic mass is 35.5. The molecule has 20 heavy (non-hydrogen) atoms. The molecule has 1 fully saturated rings. The molecule has 0 bridgehead atoms. The zero-order valence-electron chi connectivity index (χ0n) is 11.4.